The van der Waals surface area contributed by atoms with Crippen LogP contribution in [0, 0.1) is 0 Å². The van der Waals surface area contributed by atoms with E-state index >= 15 is 0 Å². The fourth-order valence-corrected chi connectivity index (χ4v) is 2.90. The summed E-state index contributed by atoms with van der Waals surface area (Å²) >= 11 is 0. The van der Waals surface area contributed by atoms with Gasteiger partial charge in [0.2, 0.25) is 0 Å². The summed E-state index contributed by atoms with van der Waals surface area (Å²) in [4.78, 5) is 11.6. The Morgan fingerprint density at radius 1 is 1.24 bits per heavy atom. The number of nitrogens with one attached hydrogen (secondary N) is 1. The van der Waals surface area contributed by atoms with Gasteiger partial charge in [-0.25, -0.2) is 4.98 Å². The number of anilines is 1. The Hall–Kier alpha value is -1.72. The van der Waals surface area contributed by atoms with Gasteiger partial charge in [-0.3, -0.25) is 9.88 Å². The van der Waals surface area contributed by atoms with Crippen LogP contribution in [0.5, 0.6) is 0 Å². The van der Waals surface area contributed by atoms with E-state index in [1.807, 2.05) is 24.3 Å². The van der Waals surface area contributed by atoms with Gasteiger partial charge in [0.1, 0.15) is 5.82 Å². The first kappa shape index (κ1) is 13.0. The first-order valence-electron chi connectivity index (χ1n) is 7.70. The number of nitrogens with zero attached hydrogens (tertiary/aromatic N) is 3. The maximum atomic E-state index is 5.84. The second kappa shape index (κ2) is 5.58. The molecule has 2 heterocycles. The molecule has 1 aliphatic heterocycles. The second-order valence-electron chi connectivity index (χ2n) is 5.84. The number of hydrogen-bond acceptors (Lipinski definition) is 5. The standard InChI is InChI=1S/C16H20N4O/c1-2-4-15-14(3-1)17-10-16(19-15)18-9-13-11-20(7-8-21-13)12-5-6-12/h1-4,10,12-13H,5-9,11H2,(H,18,19). The van der Waals surface area contributed by atoms with Gasteiger partial charge in [-0.2, -0.15) is 0 Å². The molecule has 2 aromatic rings. The van der Waals surface area contributed by atoms with Gasteiger partial charge in [0.25, 0.3) is 0 Å². The van der Waals surface area contributed by atoms with Gasteiger partial charge >= 0.3 is 0 Å². The molecule has 0 radical (unpaired) electrons. The lowest BCUT2D eigenvalue weighted by Gasteiger charge is -2.33. The Labute approximate surface area is 124 Å². The van der Waals surface area contributed by atoms with Gasteiger partial charge in [-0.15, -0.1) is 0 Å². The highest BCUT2D eigenvalue weighted by atomic mass is 16.5. The molecule has 0 amide bonds. The third-order valence-electron chi connectivity index (χ3n) is 4.19. The van der Waals surface area contributed by atoms with Crippen molar-refractivity contribution in [2.24, 2.45) is 0 Å². The maximum Gasteiger partial charge on any atom is 0.145 e. The van der Waals surface area contributed by atoms with E-state index in [0.717, 1.165) is 49.1 Å². The molecule has 1 atom stereocenters. The van der Waals surface area contributed by atoms with E-state index in [2.05, 4.69) is 20.2 Å². The number of morpholine rings is 1. The largest absolute Gasteiger partial charge is 0.374 e. The van der Waals surface area contributed by atoms with E-state index in [1.165, 1.54) is 12.8 Å². The van der Waals surface area contributed by atoms with Gasteiger partial charge in [0, 0.05) is 25.7 Å². The monoisotopic (exact) mass is 284 g/mol. The molecule has 4 rings (SSSR count). The lowest BCUT2D eigenvalue weighted by atomic mass is 10.2. The minimum absolute atomic E-state index is 0.243. The number of aromatic nitrogens is 2. The summed E-state index contributed by atoms with van der Waals surface area (Å²) < 4.78 is 5.84. The molecule has 1 unspecified atom stereocenters. The van der Waals surface area contributed by atoms with Crippen LogP contribution in [0.25, 0.3) is 11.0 Å². The third kappa shape index (κ3) is 2.99. The summed E-state index contributed by atoms with van der Waals surface area (Å²) in [6, 6.07) is 8.74. The van der Waals surface area contributed by atoms with E-state index in [9.17, 15) is 0 Å². The highest BCUT2D eigenvalue weighted by Crippen LogP contribution is 2.28. The average molecular weight is 284 g/mol. The molecule has 0 bridgehead atoms. The summed E-state index contributed by atoms with van der Waals surface area (Å²) in [6.45, 7) is 3.73. The molecular formula is C16H20N4O. The van der Waals surface area contributed by atoms with E-state index in [4.69, 9.17) is 4.74 Å². The number of para-hydroxylation sites is 2. The van der Waals surface area contributed by atoms with Crippen molar-refractivity contribution in [3.05, 3.63) is 30.5 Å². The van der Waals surface area contributed by atoms with E-state index in [-0.39, 0.29) is 6.10 Å². The zero-order valence-electron chi connectivity index (χ0n) is 12.0. The Bertz CT molecular complexity index is 628. The zero-order chi connectivity index (χ0) is 14.1. The van der Waals surface area contributed by atoms with Crippen LogP contribution in [-0.4, -0.2) is 53.3 Å². The van der Waals surface area contributed by atoms with Crippen LogP contribution >= 0.6 is 0 Å². The summed E-state index contributed by atoms with van der Waals surface area (Å²) in [6.07, 6.45) is 4.75. The molecule has 2 fully saturated rings. The van der Waals surface area contributed by atoms with Gasteiger partial charge in [0.15, 0.2) is 0 Å². The van der Waals surface area contributed by atoms with Crippen LogP contribution in [-0.2, 0) is 4.74 Å². The fraction of sp³-hybridized carbons (Fsp3) is 0.500. The van der Waals surface area contributed by atoms with Crippen LogP contribution in [0.4, 0.5) is 5.82 Å². The molecule has 21 heavy (non-hydrogen) atoms. The van der Waals surface area contributed by atoms with Crippen LogP contribution in [0.2, 0.25) is 0 Å². The first-order valence-corrected chi connectivity index (χ1v) is 7.70. The van der Waals surface area contributed by atoms with Crippen LogP contribution in [0.3, 0.4) is 0 Å². The topological polar surface area (TPSA) is 50.3 Å². The minimum Gasteiger partial charge on any atom is -0.374 e. The van der Waals surface area contributed by atoms with E-state index in [1.54, 1.807) is 6.20 Å². The van der Waals surface area contributed by atoms with Crippen molar-refractivity contribution in [2.75, 3.05) is 31.6 Å². The van der Waals surface area contributed by atoms with Gasteiger partial charge in [0.05, 0.1) is 29.9 Å². The van der Waals surface area contributed by atoms with Crippen molar-refractivity contribution in [3.63, 3.8) is 0 Å². The lowest BCUT2D eigenvalue weighted by molar-refractivity contribution is -0.0241. The van der Waals surface area contributed by atoms with Crippen LogP contribution < -0.4 is 5.32 Å². The number of ether oxygens (including phenoxy) is 1. The van der Waals surface area contributed by atoms with Crippen molar-refractivity contribution in [1.29, 1.82) is 0 Å². The fourth-order valence-electron chi connectivity index (χ4n) is 2.90. The number of rotatable bonds is 4. The normalized spacial score (nSPS) is 23.3. The van der Waals surface area contributed by atoms with Gasteiger partial charge in [-0.05, 0) is 25.0 Å². The number of hydrogen-bond donors (Lipinski definition) is 1. The number of fused-ring (bicyclic) bond motifs is 1. The molecule has 110 valence electrons. The molecule has 1 saturated carbocycles. The van der Waals surface area contributed by atoms with Crippen molar-refractivity contribution in [1.82, 2.24) is 14.9 Å². The summed E-state index contributed by atoms with van der Waals surface area (Å²) in [7, 11) is 0. The zero-order valence-corrected chi connectivity index (χ0v) is 12.0. The molecule has 5 nitrogen and oxygen atoms in total. The van der Waals surface area contributed by atoms with Crippen molar-refractivity contribution < 1.29 is 4.74 Å². The molecular weight excluding hydrogens is 264 g/mol. The molecule has 1 aromatic heterocycles. The van der Waals surface area contributed by atoms with Crippen molar-refractivity contribution in [2.45, 2.75) is 25.0 Å². The summed E-state index contributed by atoms with van der Waals surface area (Å²) in [5.41, 5.74) is 1.85. The highest BCUT2D eigenvalue weighted by molar-refractivity contribution is 5.75. The van der Waals surface area contributed by atoms with Gasteiger partial charge in [-0.1, -0.05) is 12.1 Å². The molecule has 1 saturated heterocycles. The highest BCUT2D eigenvalue weighted by Gasteiger charge is 2.32. The maximum absolute atomic E-state index is 5.84. The lowest BCUT2D eigenvalue weighted by Crippen LogP contribution is -2.46. The predicted molar refractivity (Wildman–Crippen MR) is 82.4 cm³/mol. The minimum atomic E-state index is 0.243. The molecule has 2 aliphatic rings. The quantitative estimate of drug-likeness (QED) is 0.929. The van der Waals surface area contributed by atoms with E-state index < -0.39 is 0 Å². The summed E-state index contributed by atoms with van der Waals surface area (Å²) in [5.74, 6) is 0.820. The van der Waals surface area contributed by atoms with Crippen molar-refractivity contribution in [3.8, 4) is 0 Å². The first-order chi connectivity index (χ1) is 10.4. The Balaban J connectivity index is 1.38. The molecule has 1 N–H and O–H groups in total. The van der Waals surface area contributed by atoms with Crippen LogP contribution in [0.1, 0.15) is 12.8 Å². The molecule has 1 aliphatic carbocycles. The predicted octanol–water partition coefficient (Wildman–Crippen LogP) is 1.90. The second-order valence-corrected chi connectivity index (χ2v) is 5.84. The smallest absolute Gasteiger partial charge is 0.145 e. The Morgan fingerprint density at radius 2 is 2.10 bits per heavy atom. The van der Waals surface area contributed by atoms with Gasteiger partial charge < -0.3 is 10.1 Å². The Morgan fingerprint density at radius 3 is 2.95 bits per heavy atom. The molecule has 0 spiro atoms. The third-order valence-corrected chi connectivity index (χ3v) is 4.19. The SMILES string of the molecule is c1ccc2nc(NCC3CN(C4CC4)CCO3)cnc2c1. The van der Waals surface area contributed by atoms with Crippen molar-refractivity contribution >= 4 is 16.9 Å². The Kier molecular flexibility index (Phi) is 3.45. The number of benzene rings is 1. The molecule has 5 heteroatoms. The van der Waals surface area contributed by atoms with E-state index in [0.29, 0.717) is 0 Å². The molecule has 1 aromatic carbocycles. The summed E-state index contributed by atoms with van der Waals surface area (Å²) in [5, 5.41) is 3.36. The average Bonchev–Trinajstić information content (AvgIpc) is 3.38. The van der Waals surface area contributed by atoms with Crippen LogP contribution in [0.15, 0.2) is 30.5 Å².